The van der Waals surface area contributed by atoms with Gasteiger partial charge < -0.3 is 19.6 Å². The Labute approximate surface area is 123 Å². The van der Waals surface area contributed by atoms with Crippen LogP contribution in [-0.2, 0) is 0 Å². The molecule has 0 amide bonds. The number of carbonyl (C=O) groups is 1. The number of anilines is 2. The van der Waals surface area contributed by atoms with Crippen LogP contribution in [0.5, 0.6) is 5.75 Å². The number of benzene rings is 1. The molecule has 2 N–H and O–H groups in total. The fraction of sp³-hybridized carbons (Fsp3) is 0.0909. The maximum absolute atomic E-state index is 12.3. The Morgan fingerprint density at radius 3 is 2.71 bits per heavy atom. The summed E-state index contributed by atoms with van der Waals surface area (Å²) >= 11 is 3.02. The summed E-state index contributed by atoms with van der Waals surface area (Å²) in [6.07, 6.45) is -4.02. The van der Waals surface area contributed by atoms with E-state index in [4.69, 9.17) is 9.52 Å². The number of nitrogens with zero attached hydrogens (tertiary/aromatic N) is 1. The van der Waals surface area contributed by atoms with Gasteiger partial charge in [0, 0.05) is 4.47 Å². The number of aromatic carboxylic acids is 1. The summed E-state index contributed by atoms with van der Waals surface area (Å²) in [6, 6.07) is 3.57. The standard InChI is InChI=1S/C11H6BrF3N2O4/c12-5-1-2-6(8(3-5)21-11(13,14)15)16-10-17-7(4-20-10)9(18)19/h1-4H,(H,16,17)(H,18,19). The van der Waals surface area contributed by atoms with Crippen LogP contribution in [0, 0.1) is 0 Å². The largest absolute Gasteiger partial charge is 0.573 e. The van der Waals surface area contributed by atoms with Gasteiger partial charge in [0.25, 0.3) is 6.01 Å². The number of hydrogen-bond donors (Lipinski definition) is 2. The van der Waals surface area contributed by atoms with Crippen molar-refractivity contribution in [2.45, 2.75) is 6.36 Å². The summed E-state index contributed by atoms with van der Waals surface area (Å²) in [5.41, 5.74) is -0.470. The van der Waals surface area contributed by atoms with Crippen molar-refractivity contribution in [1.82, 2.24) is 4.98 Å². The third-order valence-corrected chi connectivity index (χ3v) is 2.63. The Morgan fingerprint density at radius 1 is 1.43 bits per heavy atom. The van der Waals surface area contributed by atoms with E-state index in [1.54, 1.807) is 0 Å². The number of ether oxygens (including phenoxy) is 1. The number of aromatic nitrogens is 1. The molecular weight excluding hydrogens is 361 g/mol. The number of rotatable bonds is 4. The highest BCUT2D eigenvalue weighted by atomic mass is 79.9. The zero-order chi connectivity index (χ0) is 15.6. The minimum absolute atomic E-state index is 0.0886. The van der Waals surface area contributed by atoms with Gasteiger partial charge in [0.1, 0.15) is 6.26 Å². The lowest BCUT2D eigenvalue weighted by Gasteiger charge is -2.13. The summed E-state index contributed by atoms with van der Waals surface area (Å²) in [5.74, 6) is -1.85. The summed E-state index contributed by atoms with van der Waals surface area (Å²) < 4.78 is 46.0. The molecule has 1 aromatic carbocycles. The molecule has 0 aliphatic carbocycles. The molecule has 0 fully saturated rings. The van der Waals surface area contributed by atoms with Crippen molar-refractivity contribution in [2.75, 3.05) is 5.32 Å². The van der Waals surface area contributed by atoms with Crippen LogP contribution in [0.2, 0.25) is 0 Å². The van der Waals surface area contributed by atoms with Gasteiger partial charge >= 0.3 is 12.3 Å². The summed E-state index contributed by atoms with van der Waals surface area (Å²) in [6.45, 7) is 0. The normalized spacial score (nSPS) is 11.2. The van der Waals surface area contributed by atoms with Crippen molar-refractivity contribution in [3.63, 3.8) is 0 Å². The molecule has 0 bridgehead atoms. The first-order valence-electron chi connectivity index (χ1n) is 5.26. The van der Waals surface area contributed by atoms with Crippen LogP contribution in [0.15, 0.2) is 33.4 Å². The number of carboxylic acid groups (broad SMARTS) is 1. The third kappa shape index (κ3) is 4.12. The van der Waals surface area contributed by atoms with Crippen molar-refractivity contribution in [3.8, 4) is 5.75 Å². The van der Waals surface area contributed by atoms with E-state index < -0.39 is 18.1 Å². The summed E-state index contributed by atoms with van der Waals surface area (Å²) in [5, 5.41) is 11.1. The Morgan fingerprint density at radius 2 is 2.14 bits per heavy atom. The van der Waals surface area contributed by atoms with Crippen LogP contribution >= 0.6 is 15.9 Å². The molecule has 21 heavy (non-hydrogen) atoms. The number of hydrogen-bond acceptors (Lipinski definition) is 5. The zero-order valence-corrected chi connectivity index (χ0v) is 11.5. The molecule has 1 aromatic heterocycles. The highest BCUT2D eigenvalue weighted by molar-refractivity contribution is 9.10. The lowest BCUT2D eigenvalue weighted by molar-refractivity contribution is -0.274. The Kier molecular flexibility index (Phi) is 4.07. The fourth-order valence-corrected chi connectivity index (χ4v) is 1.69. The quantitative estimate of drug-likeness (QED) is 0.856. The number of halogens is 4. The Balaban J connectivity index is 2.28. The van der Waals surface area contributed by atoms with Crippen LogP contribution in [0.4, 0.5) is 24.9 Å². The number of nitrogens with one attached hydrogen (secondary N) is 1. The molecular formula is C11H6BrF3N2O4. The average Bonchev–Trinajstić information content (AvgIpc) is 2.79. The van der Waals surface area contributed by atoms with E-state index >= 15 is 0 Å². The highest BCUT2D eigenvalue weighted by Crippen LogP contribution is 2.34. The van der Waals surface area contributed by atoms with Gasteiger partial charge in [-0.1, -0.05) is 15.9 Å². The molecule has 0 aliphatic heterocycles. The van der Waals surface area contributed by atoms with Gasteiger partial charge in [-0.05, 0) is 18.2 Å². The minimum atomic E-state index is -4.87. The first-order chi connectivity index (χ1) is 9.74. The molecule has 0 atom stereocenters. The number of alkyl halides is 3. The second-order valence-corrected chi connectivity index (χ2v) is 4.57. The van der Waals surface area contributed by atoms with Crippen LogP contribution in [-0.4, -0.2) is 22.4 Å². The van der Waals surface area contributed by atoms with Gasteiger partial charge in [-0.25, -0.2) is 4.79 Å². The van der Waals surface area contributed by atoms with Crippen LogP contribution in [0.1, 0.15) is 10.5 Å². The minimum Gasteiger partial charge on any atom is -0.476 e. The van der Waals surface area contributed by atoms with Crippen molar-refractivity contribution in [2.24, 2.45) is 0 Å². The summed E-state index contributed by atoms with van der Waals surface area (Å²) in [4.78, 5) is 14.2. The molecule has 0 aliphatic rings. The number of oxazole rings is 1. The Bertz CT molecular complexity index is 672. The van der Waals surface area contributed by atoms with Gasteiger partial charge in [0.15, 0.2) is 11.4 Å². The molecule has 0 spiro atoms. The molecule has 2 aromatic rings. The molecule has 6 nitrogen and oxygen atoms in total. The monoisotopic (exact) mass is 366 g/mol. The molecule has 10 heteroatoms. The van der Waals surface area contributed by atoms with E-state index in [-0.39, 0.29) is 17.4 Å². The Hall–Kier alpha value is -2.23. The van der Waals surface area contributed by atoms with Gasteiger partial charge in [-0.2, -0.15) is 4.98 Å². The molecule has 0 unspecified atom stereocenters. The fourth-order valence-electron chi connectivity index (χ4n) is 1.35. The predicted molar refractivity (Wildman–Crippen MR) is 67.6 cm³/mol. The molecule has 0 radical (unpaired) electrons. The van der Waals surface area contributed by atoms with Crippen molar-refractivity contribution in [1.29, 1.82) is 0 Å². The van der Waals surface area contributed by atoms with Crippen molar-refractivity contribution >= 4 is 33.6 Å². The second-order valence-electron chi connectivity index (χ2n) is 3.66. The maximum atomic E-state index is 12.3. The van der Waals surface area contributed by atoms with E-state index in [1.165, 1.54) is 12.1 Å². The van der Waals surface area contributed by atoms with Crippen molar-refractivity contribution < 1.29 is 32.2 Å². The zero-order valence-electron chi connectivity index (χ0n) is 9.94. The lowest BCUT2D eigenvalue weighted by Crippen LogP contribution is -2.18. The number of carboxylic acids is 1. The van der Waals surface area contributed by atoms with E-state index in [0.717, 1.165) is 12.3 Å². The molecule has 0 saturated heterocycles. The summed E-state index contributed by atoms with van der Waals surface area (Å²) in [7, 11) is 0. The first-order valence-corrected chi connectivity index (χ1v) is 6.05. The van der Waals surface area contributed by atoms with Crippen LogP contribution in [0.3, 0.4) is 0 Å². The average molecular weight is 367 g/mol. The van der Waals surface area contributed by atoms with E-state index in [1.807, 2.05) is 0 Å². The van der Waals surface area contributed by atoms with Crippen LogP contribution < -0.4 is 10.1 Å². The van der Waals surface area contributed by atoms with E-state index in [9.17, 15) is 18.0 Å². The van der Waals surface area contributed by atoms with Gasteiger partial charge in [-0.15, -0.1) is 13.2 Å². The predicted octanol–water partition coefficient (Wildman–Crippen LogP) is 3.78. The van der Waals surface area contributed by atoms with Gasteiger partial charge in [0.2, 0.25) is 0 Å². The lowest BCUT2D eigenvalue weighted by atomic mass is 10.3. The van der Waals surface area contributed by atoms with E-state index in [2.05, 4.69) is 31.0 Å². The van der Waals surface area contributed by atoms with Crippen molar-refractivity contribution in [3.05, 3.63) is 34.6 Å². The molecule has 0 saturated carbocycles. The van der Waals surface area contributed by atoms with Gasteiger partial charge in [0.05, 0.1) is 5.69 Å². The van der Waals surface area contributed by atoms with Gasteiger partial charge in [-0.3, -0.25) is 0 Å². The first kappa shape index (κ1) is 15.2. The molecule has 2 rings (SSSR count). The second kappa shape index (κ2) is 5.64. The molecule has 112 valence electrons. The highest BCUT2D eigenvalue weighted by Gasteiger charge is 2.32. The molecule has 1 heterocycles. The SMILES string of the molecule is O=C(O)c1coc(Nc2ccc(Br)cc2OC(F)(F)F)n1. The third-order valence-electron chi connectivity index (χ3n) is 2.13. The maximum Gasteiger partial charge on any atom is 0.573 e. The van der Waals surface area contributed by atoms with Crippen LogP contribution in [0.25, 0.3) is 0 Å². The topological polar surface area (TPSA) is 84.6 Å². The smallest absolute Gasteiger partial charge is 0.476 e. The van der Waals surface area contributed by atoms with E-state index in [0.29, 0.717) is 4.47 Å².